The Hall–Kier alpha value is -1.31. The van der Waals surface area contributed by atoms with Crippen LogP contribution in [0.1, 0.15) is 6.92 Å². The maximum Gasteiger partial charge on any atom is 0.138 e. The molecule has 180 valence electrons. The van der Waals surface area contributed by atoms with Gasteiger partial charge in [0.15, 0.2) is 0 Å². The third-order valence-electron chi connectivity index (χ3n) is 5.95. The molecule has 0 aliphatic carbocycles. The maximum atomic E-state index is 2.42. The van der Waals surface area contributed by atoms with Gasteiger partial charge in [-0.1, -0.05) is 66.7 Å². The monoisotopic (exact) mass is 548 g/mol. The van der Waals surface area contributed by atoms with Crippen molar-refractivity contribution in [3.8, 4) is 0 Å². The molecule has 4 heteroatoms. The first-order chi connectivity index (χ1) is 15.6. The SMILES string of the molecule is CC[PH+](C)c1ccccc1.C[PH+](c1ccccc1)c1ccccc1[PH+](C)c1ccccc1.[CH3-].[Fe]. The van der Waals surface area contributed by atoms with Crippen LogP contribution >= 0.6 is 23.8 Å². The minimum atomic E-state index is -0.701. The summed E-state index contributed by atoms with van der Waals surface area (Å²) in [6.45, 7) is 9.46. The van der Waals surface area contributed by atoms with E-state index in [9.17, 15) is 0 Å². The van der Waals surface area contributed by atoms with Crippen LogP contribution in [0, 0.1) is 7.43 Å². The number of hydrogen-bond acceptors (Lipinski definition) is 0. The fourth-order valence-electron chi connectivity index (χ4n) is 3.75. The van der Waals surface area contributed by atoms with Crippen molar-refractivity contribution in [1.82, 2.24) is 0 Å². The third kappa shape index (κ3) is 8.72. The molecule has 0 heterocycles. The number of rotatable bonds is 6. The van der Waals surface area contributed by atoms with E-state index < -0.39 is 15.8 Å². The van der Waals surface area contributed by atoms with Crippen LogP contribution in [0.2, 0.25) is 0 Å². The van der Waals surface area contributed by atoms with E-state index in [-0.39, 0.29) is 32.4 Å². The first kappa shape index (κ1) is 30.7. The van der Waals surface area contributed by atoms with Gasteiger partial charge in [0.1, 0.15) is 10.6 Å². The van der Waals surface area contributed by atoms with Crippen LogP contribution in [-0.2, 0) is 17.1 Å². The van der Waals surface area contributed by atoms with Crippen molar-refractivity contribution in [3.63, 3.8) is 0 Å². The van der Waals surface area contributed by atoms with Gasteiger partial charge in [0.05, 0.1) is 57.9 Å². The van der Waals surface area contributed by atoms with E-state index in [0.717, 1.165) is 0 Å². The predicted octanol–water partition coefficient (Wildman–Crippen LogP) is 5.90. The maximum absolute atomic E-state index is 2.42. The summed E-state index contributed by atoms with van der Waals surface area (Å²) in [6.07, 6.45) is 1.33. The second kappa shape index (κ2) is 16.4. The van der Waals surface area contributed by atoms with E-state index in [1.165, 1.54) is 16.8 Å². The molecule has 0 fully saturated rings. The van der Waals surface area contributed by atoms with Gasteiger partial charge < -0.3 is 7.43 Å². The smallest absolute Gasteiger partial charge is 0.138 e. The van der Waals surface area contributed by atoms with Gasteiger partial charge in [0, 0.05) is 25.0 Å². The van der Waals surface area contributed by atoms with E-state index in [4.69, 9.17) is 0 Å². The summed E-state index contributed by atoms with van der Waals surface area (Å²) >= 11 is 0. The zero-order valence-electron chi connectivity index (χ0n) is 21.0. The van der Waals surface area contributed by atoms with E-state index in [0.29, 0.717) is 0 Å². The Balaban J connectivity index is 0.000000411. The Bertz CT molecular complexity index is 991. The molecule has 0 bridgehead atoms. The molecule has 0 aliphatic heterocycles. The molecule has 0 radical (unpaired) electrons. The third-order valence-corrected chi connectivity index (χ3v) is 13.5. The molecule has 0 saturated carbocycles. The summed E-state index contributed by atoms with van der Waals surface area (Å²) < 4.78 is 0. The predicted molar refractivity (Wildman–Crippen MR) is 164 cm³/mol. The largest absolute Gasteiger partial charge is 0.358 e. The second-order valence-electron chi connectivity index (χ2n) is 8.03. The summed E-state index contributed by atoms with van der Waals surface area (Å²) in [7, 11) is -1.61. The molecular formula is C30H39FeP3+2. The molecule has 4 aromatic rings. The molecule has 3 atom stereocenters. The Morgan fingerprint density at radius 3 is 1.09 bits per heavy atom. The average molecular weight is 548 g/mol. The van der Waals surface area contributed by atoms with Gasteiger partial charge in [0.2, 0.25) is 0 Å². The molecule has 4 rings (SSSR count). The quantitative estimate of drug-likeness (QED) is 0.160. The molecule has 0 saturated heterocycles. The average Bonchev–Trinajstić information content (AvgIpc) is 2.89. The normalized spacial score (nSPS) is 12.6. The molecule has 3 unspecified atom stereocenters. The molecule has 0 N–H and O–H groups in total. The van der Waals surface area contributed by atoms with Gasteiger partial charge >= 0.3 is 0 Å². The van der Waals surface area contributed by atoms with Crippen LogP contribution in [0.5, 0.6) is 0 Å². The summed E-state index contributed by atoms with van der Waals surface area (Å²) in [6, 6.07) is 41.8. The van der Waals surface area contributed by atoms with E-state index in [2.05, 4.69) is 142 Å². The van der Waals surface area contributed by atoms with Crippen LogP contribution in [0.4, 0.5) is 0 Å². The van der Waals surface area contributed by atoms with Crippen molar-refractivity contribution in [1.29, 1.82) is 0 Å². The summed E-state index contributed by atoms with van der Waals surface area (Å²) in [5.41, 5.74) is 0. The second-order valence-corrected chi connectivity index (χ2v) is 15.6. The summed E-state index contributed by atoms with van der Waals surface area (Å²) in [5.74, 6) is 0. The van der Waals surface area contributed by atoms with Crippen molar-refractivity contribution >= 4 is 50.3 Å². The minimum Gasteiger partial charge on any atom is -0.358 e. The van der Waals surface area contributed by atoms with Gasteiger partial charge in [-0.15, -0.1) is 0 Å². The van der Waals surface area contributed by atoms with Gasteiger partial charge in [-0.05, 0) is 55.5 Å². The van der Waals surface area contributed by atoms with Crippen molar-refractivity contribution < 1.29 is 17.1 Å². The summed E-state index contributed by atoms with van der Waals surface area (Å²) in [4.78, 5) is 0. The Morgan fingerprint density at radius 2 is 0.765 bits per heavy atom. The molecule has 34 heavy (non-hydrogen) atoms. The first-order valence-corrected chi connectivity index (χ1v) is 17.6. The molecule has 0 nitrogen and oxygen atoms in total. The molecule has 4 aromatic carbocycles. The van der Waals surface area contributed by atoms with Crippen molar-refractivity contribution in [3.05, 3.63) is 123 Å². The van der Waals surface area contributed by atoms with Gasteiger partial charge in [-0.25, -0.2) is 0 Å². The molecule has 0 aromatic heterocycles. The summed E-state index contributed by atoms with van der Waals surface area (Å²) in [5, 5.41) is 7.67. The van der Waals surface area contributed by atoms with Gasteiger partial charge in [-0.3, -0.25) is 0 Å². The fraction of sp³-hybridized carbons (Fsp3) is 0.167. The van der Waals surface area contributed by atoms with Crippen LogP contribution in [0.25, 0.3) is 0 Å². The van der Waals surface area contributed by atoms with E-state index >= 15 is 0 Å². The van der Waals surface area contributed by atoms with Crippen LogP contribution in [0.15, 0.2) is 115 Å². The van der Waals surface area contributed by atoms with E-state index in [1.807, 2.05) is 0 Å². The zero-order valence-corrected chi connectivity index (χ0v) is 25.1. The van der Waals surface area contributed by atoms with Gasteiger partial charge in [-0.2, -0.15) is 0 Å². The Kier molecular flexibility index (Phi) is 14.8. The van der Waals surface area contributed by atoms with Crippen LogP contribution < -0.4 is 26.5 Å². The number of benzene rings is 4. The van der Waals surface area contributed by atoms with E-state index in [1.54, 1.807) is 15.9 Å². The fourth-order valence-corrected chi connectivity index (χ4v) is 9.72. The van der Waals surface area contributed by atoms with Crippen molar-refractivity contribution in [2.24, 2.45) is 0 Å². The number of hydrogen-bond donors (Lipinski definition) is 0. The topological polar surface area (TPSA) is 0 Å². The van der Waals surface area contributed by atoms with Crippen molar-refractivity contribution in [2.75, 3.05) is 26.2 Å². The minimum absolute atomic E-state index is 0. The molecule has 0 spiro atoms. The molecule has 0 aliphatic rings. The standard InChI is InChI=1S/C20H20P2.C9H13P.CH3.Fe/c1-21(17-11-5-3-6-12-17)19-15-9-10-16-20(19)22(2)18-13-7-4-8-14-18;1-3-10(2)9-7-5-4-6-8-9;;/h3-16H,1-2H3;4-8H,3H2,1-2H3;1H3;/q;;-1;/p+3. The van der Waals surface area contributed by atoms with Crippen LogP contribution in [0.3, 0.4) is 0 Å². The van der Waals surface area contributed by atoms with Gasteiger partial charge in [0.25, 0.3) is 0 Å². The molecule has 0 amide bonds. The van der Waals surface area contributed by atoms with Crippen LogP contribution in [-0.4, -0.2) is 26.2 Å². The Morgan fingerprint density at radius 1 is 0.471 bits per heavy atom. The molecular weight excluding hydrogens is 509 g/mol. The van der Waals surface area contributed by atoms with Crippen molar-refractivity contribution in [2.45, 2.75) is 6.92 Å². The first-order valence-electron chi connectivity index (χ1n) is 11.4. The Labute approximate surface area is 222 Å². The zero-order chi connectivity index (χ0) is 22.8.